The summed E-state index contributed by atoms with van der Waals surface area (Å²) < 4.78 is 33.1. The van der Waals surface area contributed by atoms with Crippen LogP contribution in [0.4, 0.5) is 4.39 Å². The fourth-order valence-electron chi connectivity index (χ4n) is 4.86. The van der Waals surface area contributed by atoms with Crippen LogP contribution in [-0.4, -0.2) is 56.3 Å². The normalized spacial score (nSPS) is 17.3. The van der Waals surface area contributed by atoms with E-state index in [1.54, 1.807) is 18.2 Å². The number of benzene rings is 1. The second kappa shape index (κ2) is 10.9. The molecule has 0 aliphatic carbocycles. The number of hydrogen-bond donors (Lipinski definition) is 1. The minimum absolute atomic E-state index is 0.0101. The van der Waals surface area contributed by atoms with Gasteiger partial charge in [0.2, 0.25) is 17.4 Å². The van der Waals surface area contributed by atoms with Gasteiger partial charge in [-0.2, -0.15) is 5.26 Å². The molecule has 5 heterocycles. The van der Waals surface area contributed by atoms with Crippen molar-refractivity contribution in [2.75, 3.05) is 19.7 Å². The van der Waals surface area contributed by atoms with Crippen molar-refractivity contribution in [3.8, 4) is 11.9 Å². The maximum Gasteiger partial charge on any atom is 0.371 e. The number of furan rings is 1. The van der Waals surface area contributed by atoms with Gasteiger partial charge in [-0.25, -0.2) is 19.2 Å². The van der Waals surface area contributed by atoms with Crippen molar-refractivity contribution >= 4 is 22.8 Å². The Kier molecular flexibility index (Phi) is 7.02. The first kappa shape index (κ1) is 25.7. The molecule has 1 unspecified atom stereocenters. The van der Waals surface area contributed by atoms with E-state index in [0.29, 0.717) is 42.3 Å². The molecule has 4 aromatic rings. The number of ether oxygens (including phenoxy) is 2. The Morgan fingerprint density at radius 3 is 2.83 bits per heavy atom. The van der Waals surface area contributed by atoms with Gasteiger partial charge >= 0.3 is 5.97 Å². The molecular weight excluding hydrogens is 517 g/mol. The number of aromatic carboxylic acids is 1. The highest BCUT2D eigenvalue weighted by molar-refractivity contribution is 5.89. The van der Waals surface area contributed by atoms with E-state index in [9.17, 15) is 14.3 Å². The van der Waals surface area contributed by atoms with Gasteiger partial charge in [0.1, 0.15) is 23.8 Å². The van der Waals surface area contributed by atoms with Gasteiger partial charge in [0.05, 0.1) is 36.5 Å². The van der Waals surface area contributed by atoms with E-state index in [1.165, 1.54) is 12.1 Å². The third kappa shape index (κ3) is 5.32. The van der Waals surface area contributed by atoms with Gasteiger partial charge in [-0.15, -0.1) is 0 Å². The number of carboxylic acid groups (broad SMARTS) is 1. The van der Waals surface area contributed by atoms with Crippen molar-refractivity contribution in [3.63, 3.8) is 0 Å². The summed E-state index contributed by atoms with van der Waals surface area (Å²) in [6.07, 6.45) is 3.91. The van der Waals surface area contributed by atoms with Crippen LogP contribution in [0.3, 0.4) is 0 Å². The highest BCUT2D eigenvalue weighted by atomic mass is 19.1. The zero-order chi connectivity index (χ0) is 27.6. The second-order valence-electron chi connectivity index (χ2n) is 9.81. The van der Waals surface area contributed by atoms with Crippen molar-refractivity contribution in [1.29, 1.82) is 5.26 Å². The monoisotopic (exact) mass is 543 g/mol. The molecule has 204 valence electrons. The number of aromatic nitrogens is 3. The standard InChI is InChI=1S/C29H26FN5O5/c30-22-12-18(14-31)4-5-20(22)17-39-27-3-1-2-23(33-27)19-6-9-34(10-7-19)16-26-32-24-13-25(29(36)37)40-28(24)35(26)15-21-8-11-38-21/h1-6,12-13,21H,7-11,15-17H2,(H,36,37). The van der Waals surface area contributed by atoms with Crippen LogP contribution >= 0.6 is 0 Å². The first-order valence-corrected chi connectivity index (χ1v) is 13.0. The number of rotatable bonds is 9. The molecule has 3 aromatic heterocycles. The lowest BCUT2D eigenvalue weighted by atomic mass is 10.0. The highest BCUT2D eigenvalue weighted by Crippen LogP contribution is 2.27. The Bertz CT molecular complexity index is 1650. The molecule has 40 heavy (non-hydrogen) atoms. The number of carboxylic acids is 1. The van der Waals surface area contributed by atoms with Crippen molar-refractivity contribution in [2.45, 2.75) is 38.6 Å². The Hall–Kier alpha value is -4.53. The van der Waals surface area contributed by atoms with E-state index >= 15 is 0 Å². The van der Waals surface area contributed by atoms with E-state index in [1.807, 2.05) is 22.8 Å². The molecule has 0 spiro atoms. The van der Waals surface area contributed by atoms with E-state index in [0.717, 1.165) is 43.1 Å². The van der Waals surface area contributed by atoms with Crippen LogP contribution in [-0.2, 0) is 24.4 Å². The average Bonchev–Trinajstić information content (AvgIpc) is 3.49. The molecule has 10 nitrogen and oxygen atoms in total. The summed E-state index contributed by atoms with van der Waals surface area (Å²) in [5.74, 6) is -0.529. The fraction of sp³-hybridized carbons (Fsp3) is 0.310. The zero-order valence-corrected chi connectivity index (χ0v) is 21.5. The van der Waals surface area contributed by atoms with Crippen LogP contribution in [0.15, 0.2) is 53.0 Å². The number of pyridine rings is 1. The van der Waals surface area contributed by atoms with Crippen LogP contribution in [0.1, 0.15) is 46.0 Å². The van der Waals surface area contributed by atoms with Crippen LogP contribution in [0, 0.1) is 17.1 Å². The van der Waals surface area contributed by atoms with Gasteiger partial charge < -0.3 is 19.0 Å². The predicted molar refractivity (Wildman–Crippen MR) is 141 cm³/mol. The molecule has 6 rings (SSSR count). The van der Waals surface area contributed by atoms with E-state index in [4.69, 9.17) is 19.2 Å². The molecule has 2 aliphatic heterocycles. The number of hydrogen-bond acceptors (Lipinski definition) is 8. The average molecular weight is 544 g/mol. The maximum atomic E-state index is 14.2. The molecule has 0 amide bonds. The predicted octanol–water partition coefficient (Wildman–Crippen LogP) is 4.39. The smallest absolute Gasteiger partial charge is 0.371 e. The van der Waals surface area contributed by atoms with Gasteiger partial charge in [0.25, 0.3) is 0 Å². The third-order valence-electron chi connectivity index (χ3n) is 7.16. The highest BCUT2D eigenvalue weighted by Gasteiger charge is 2.26. The number of imidazole rings is 1. The zero-order valence-electron chi connectivity index (χ0n) is 21.5. The van der Waals surface area contributed by atoms with Crippen LogP contribution < -0.4 is 4.74 Å². The van der Waals surface area contributed by atoms with Gasteiger partial charge in [-0.3, -0.25) is 9.47 Å². The molecule has 1 N–H and O–H groups in total. The summed E-state index contributed by atoms with van der Waals surface area (Å²) in [5.41, 5.74) is 3.50. The summed E-state index contributed by atoms with van der Waals surface area (Å²) in [7, 11) is 0. The summed E-state index contributed by atoms with van der Waals surface area (Å²) in [4.78, 5) is 22.9. The molecule has 1 saturated heterocycles. The Balaban J connectivity index is 1.12. The number of carbonyl (C=O) groups is 1. The number of nitrogens with zero attached hydrogens (tertiary/aromatic N) is 5. The fourth-order valence-corrected chi connectivity index (χ4v) is 4.86. The third-order valence-corrected chi connectivity index (χ3v) is 7.16. The maximum absolute atomic E-state index is 14.2. The van der Waals surface area contributed by atoms with E-state index in [-0.39, 0.29) is 24.0 Å². The number of halogens is 1. The van der Waals surface area contributed by atoms with Crippen LogP contribution in [0.2, 0.25) is 0 Å². The molecule has 11 heteroatoms. The Morgan fingerprint density at radius 1 is 1.25 bits per heavy atom. The molecular formula is C29H26FN5O5. The topological polar surface area (TPSA) is 127 Å². The number of fused-ring (bicyclic) bond motifs is 1. The quantitative estimate of drug-likeness (QED) is 0.327. The van der Waals surface area contributed by atoms with E-state index in [2.05, 4.69) is 20.9 Å². The first-order chi connectivity index (χ1) is 19.5. The summed E-state index contributed by atoms with van der Waals surface area (Å²) in [6.45, 7) is 3.35. The van der Waals surface area contributed by atoms with Gasteiger partial charge in [-0.1, -0.05) is 18.2 Å². The van der Waals surface area contributed by atoms with Gasteiger partial charge in [0.15, 0.2) is 0 Å². The summed E-state index contributed by atoms with van der Waals surface area (Å²) in [6, 6.07) is 13.2. The SMILES string of the molecule is N#Cc1ccc(COc2cccc(C3=CCN(Cc4nc5cc(C(=O)O)oc5n4CC4CCO4)CC3)n2)c(F)c1. The van der Waals surface area contributed by atoms with Crippen molar-refractivity contribution in [3.05, 3.63) is 82.8 Å². The number of nitriles is 1. The molecule has 0 saturated carbocycles. The van der Waals surface area contributed by atoms with Crippen molar-refractivity contribution < 1.29 is 28.2 Å². The molecule has 0 bridgehead atoms. The lowest BCUT2D eigenvalue weighted by molar-refractivity contribution is -0.0595. The van der Waals surface area contributed by atoms with Crippen LogP contribution in [0.25, 0.3) is 16.8 Å². The van der Waals surface area contributed by atoms with Crippen molar-refractivity contribution in [2.24, 2.45) is 0 Å². The molecule has 1 fully saturated rings. The molecule has 1 atom stereocenters. The summed E-state index contributed by atoms with van der Waals surface area (Å²) >= 11 is 0. The Labute approximate surface area is 228 Å². The van der Waals surface area contributed by atoms with Crippen LogP contribution in [0.5, 0.6) is 5.88 Å². The molecule has 1 aromatic carbocycles. The lowest BCUT2D eigenvalue weighted by Gasteiger charge is -2.29. The van der Waals surface area contributed by atoms with Gasteiger partial charge in [-0.05, 0) is 36.6 Å². The lowest BCUT2D eigenvalue weighted by Crippen LogP contribution is -2.33. The summed E-state index contributed by atoms with van der Waals surface area (Å²) in [5, 5.41) is 18.2. The van der Waals surface area contributed by atoms with E-state index < -0.39 is 11.8 Å². The minimum Gasteiger partial charge on any atom is -0.475 e. The minimum atomic E-state index is -1.12. The first-order valence-electron chi connectivity index (χ1n) is 13.0. The Morgan fingerprint density at radius 2 is 2.12 bits per heavy atom. The second-order valence-corrected chi connectivity index (χ2v) is 9.81. The largest absolute Gasteiger partial charge is 0.475 e. The van der Waals surface area contributed by atoms with Crippen molar-refractivity contribution in [1.82, 2.24) is 19.4 Å². The van der Waals surface area contributed by atoms with Gasteiger partial charge in [0, 0.05) is 37.4 Å². The molecule has 2 aliphatic rings. The molecule has 0 radical (unpaired) electrons.